The van der Waals surface area contributed by atoms with E-state index in [9.17, 15) is 14.4 Å². The van der Waals surface area contributed by atoms with E-state index in [4.69, 9.17) is 0 Å². The molecule has 3 rings (SSSR count). The van der Waals surface area contributed by atoms with Gasteiger partial charge in [-0.1, -0.05) is 0 Å². The van der Waals surface area contributed by atoms with E-state index in [0.717, 1.165) is 13.0 Å². The first-order valence-electron chi connectivity index (χ1n) is 8.50. The second-order valence-electron chi connectivity index (χ2n) is 6.14. The van der Waals surface area contributed by atoms with Crippen LogP contribution in [0.25, 0.3) is 0 Å². The van der Waals surface area contributed by atoms with E-state index < -0.39 is 0 Å². The van der Waals surface area contributed by atoms with Gasteiger partial charge >= 0.3 is 0 Å². The molecule has 132 valence electrons. The predicted octanol–water partition coefficient (Wildman–Crippen LogP) is 0.941. The van der Waals surface area contributed by atoms with Crippen LogP contribution in [0.4, 0.5) is 0 Å². The van der Waals surface area contributed by atoms with Gasteiger partial charge < -0.3 is 19.4 Å². The highest BCUT2D eigenvalue weighted by Crippen LogP contribution is 2.09. The first kappa shape index (κ1) is 17.0. The average Bonchev–Trinajstić information content (AvgIpc) is 3.15. The number of pyridine rings is 1. The molecule has 0 spiro atoms. The number of rotatable bonds is 5. The number of nitrogens with zero attached hydrogens (tertiary/aromatic N) is 3. The summed E-state index contributed by atoms with van der Waals surface area (Å²) in [5, 5.41) is 0. The molecule has 1 N–H and O–H groups in total. The van der Waals surface area contributed by atoms with Gasteiger partial charge in [-0.15, -0.1) is 0 Å². The molecule has 1 aliphatic heterocycles. The molecule has 3 heterocycles. The third-order valence-corrected chi connectivity index (χ3v) is 4.42. The first-order valence-corrected chi connectivity index (χ1v) is 8.50. The molecule has 2 amide bonds. The fraction of sp³-hybridized carbons (Fsp3) is 0.389. The lowest BCUT2D eigenvalue weighted by Gasteiger charge is -2.34. The molecule has 1 saturated heterocycles. The highest BCUT2D eigenvalue weighted by atomic mass is 16.2. The van der Waals surface area contributed by atoms with Crippen LogP contribution in [0.3, 0.4) is 0 Å². The molecule has 0 unspecified atom stereocenters. The van der Waals surface area contributed by atoms with Gasteiger partial charge in [0, 0.05) is 63.8 Å². The van der Waals surface area contributed by atoms with Crippen LogP contribution in [0.15, 0.2) is 47.7 Å². The van der Waals surface area contributed by atoms with Crippen molar-refractivity contribution in [1.82, 2.24) is 19.4 Å². The zero-order chi connectivity index (χ0) is 17.6. The second-order valence-corrected chi connectivity index (χ2v) is 6.14. The summed E-state index contributed by atoms with van der Waals surface area (Å²) in [7, 11) is 0. The van der Waals surface area contributed by atoms with Crippen LogP contribution in [0.1, 0.15) is 23.2 Å². The molecule has 0 saturated carbocycles. The second kappa shape index (κ2) is 7.83. The predicted molar refractivity (Wildman–Crippen MR) is 93.2 cm³/mol. The minimum absolute atomic E-state index is 0.115. The van der Waals surface area contributed by atoms with Crippen LogP contribution in [0, 0.1) is 0 Å². The lowest BCUT2D eigenvalue weighted by atomic mass is 10.2. The molecular weight excluding hydrogens is 320 g/mol. The third kappa shape index (κ3) is 4.37. The van der Waals surface area contributed by atoms with Crippen molar-refractivity contribution in [2.24, 2.45) is 0 Å². The number of hydrogen-bond donors (Lipinski definition) is 1. The summed E-state index contributed by atoms with van der Waals surface area (Å²) < 4.78 is 2.06. The number of carbonyl (C=O) groups excluding carboxylic acids is 2. The standard InChI is InChI=1S/C18H22N4O3/c23-16-6-5-15(14-19-16)18(25)22-12-10-21(11-13-22)17(24)4-3-9-20-7-1-2-8-20/h1-2,5-8,14H,3-4,9-13H2,(H,19,23). The summed E-state index contributed by atoms with van der Waals surface area (Å²) in [6.45, 7) is 2.97. The van der Waals surface area contributed by atoms with Crippen molar-refractivity contribution in [1.29, 1.82) is 0 Å². The topological polar surface area (TPSA) is 78.4 Å². The molecule has 1 fully saturated rings. The van der Waals surface area contributed by atoms with Crippen molar-refractivity contribution in [3.8, 4) is 0 Å². The third-order valence-electron chi connectivity index (χ3n) is 4.42. The molecule has 0 radical (unpaired) electrons. The van der Waals surface area contributed by atoms with Crippen LogP contribution in [-0.2, 0) is 11.3 Å². The van der Waals surface area contributed by atoms with E-state index in [-0.39, 0.29) is 17.4 Å². The number of aromatic nitrogens is 2. The Labute approximate surface area is 145 Å². The summed E-state index contributed by atoms with van der Waals surface area (Å²) in [4.78, 5) is 41.8. The molecule has 0 aromatic carbocycles. The van der Waals surface area contributed by atoms with Gasteiger partial charge in [0.05, 0.1) is 5.56 Å². The van der Waals surface area contributed by atoms with Gasteiger partial charge in [0.2, 0.25) is 11.5 Å². The smallest absolute Gasteiger partial charge is 0.255 e. The molecule has 25 heavy (non-hydrogen) atoms. The first-order chi connectivity index (χ1) is 12.1. The fourth-order valence-electron chi connectivity index (χ4n) is 2.98. The Hall–Kier alpha value is -2.83. The monoisotopic (exact) mass is 342 g/mol. The summed E-state index contributed by atoms with van der Waals surface area (Å²) >= 11 is 0. The maximum absolute atomic E-state index is 12.4. The average molecular weight is 342 g/mol. The number of hydrogen-bond acceptors (Lipinski definition) is 3. The van der Waals surface area contributed by atoms with Crippen LogP contribution in [0.5, 0.6) is 0 Å². The molecule has 0 atom stereocenters. The Morgan fingerprint density at radius 1 is 1.00 bits per heavy atom. The van der Waals surface area contributed by atoms with Crippen molar-refractivity contribution in [3.63, 3.8) is 0 Å². The van der Waals surface area contributed by atoms with E-state index in [1.807, 2.05) is 29.4 Å². The Morgan fingerprint density at radius 2 is 1.68 bits per heavy atom. The molecule has 0 aliphatic carbocycles. The SMILES string of the molecule is O=C(CCCn1cccc1)N1CCN(C(=O)c2ccc(=O)[nH]c2)CC1. The molecule has 2 aromatic rings. The van der Waals surface area contributed by atoms with Crippen LogP contribution in [0.2, 0.25) is 0 Å². The molecule has 7 heteroatoms. The van der Waals surface area contributed by atoms with E-state index in [0.29, 0.717) is 38.2 Å². The summed E-state index contributed by atoms with van der Waals surface area (Å²) in [6.07, 6.45) is 6.75. The molecule has 7 nitrogen and oxygen atoms in total. The number of amides is 2. The molecule has 0 bridgehead atoms. The normalized spacial score (nSPS) is 14.6. The number of H-pyrrole nitrogens is 1. The number of aryl methyl sites for hydroxylation is 1. The Bertz CT molecular complexity index is 753. The highest BCUT2D eigenvalue weighted by Gasteiger charge is 2.24. The van der Waals surface area contributed by atoms with Gasteiger partial charge in [-0.25, -0.2) is 0 Å². The minimum Gasteiger partial charge on any atom is -0.354 e. The summed E-state index contributed by atoms with van der Waals surface area (Å²) in [5.41, 5.74) is 0.234. The van der Waals surface area contributed by atoms with Gasteiger partial charge in [-0.05, 0) is 24.6 Å². The summed E-state index contributed by atoms with van der Waals surface area (Å²) in [6, 6.07) is 6.82. The lowest BCUT2D eigenvalue weighted by Crippen LogP contribution is -2.50. The lowest BCUT2D eigenvalue weighted by molar-refractivity contribution is -0.132. The van der Waals surface area contributed by atoms with Crippen molar-refractivity contribution < 1.29 is 9.59 Å². The largest absolute Gasteiger partial charge is 0.354 e. The van der Waals surface area contributed by atoms with Crippen molar-refractivity contribution >= 4 is 11.8 Å². The van der Waals surface area contributed by atoms with Crippen LogP contribution < -0.4 is 5.56 Å². The highest BCUT2D eigenvalue weighted by molar-refractivity contribution is 5.94. The van der Waals surface area contributed by atoms with E-state index in [1.165, 1.54) is 18.3 Å². The van der Waals surface area contributed by atoms with Crippen molar-refractivity contribution in [2.45, 2.75) is 19.4 Å². The Kier molecular flexibility index (Phi) is 5.33. The van der Waals surface area contributed by atoms with Crippen LogP contribution in [-0.4, -0.2) is 57.3 Å². The van der Waals surface area contributed by atoms with Crippen molar-refractivity contribution in [2.75, 3.05) is 26.2 Å². The molecule has 2 aromatic heterocycles. The number of aromatic amines is 1. The zero-order valence-electron chi connectivity index (χ0n) is 14.1. The molecular formula is C18H22N4O3. The quantitative estimate of drug-likeness (QED) is 0.878. The van der Waals surface area contributed by atoms with Gasteiger partial charge in [-0.3, -0.25) is 14.4 Å². The van der Waals surface area contributed by atoms with Crippen LogP contribution >= 0.6 is 0 Å². The zero-order valence-corrected chi connectivity index (χ0v) is 14.1. The maximum Gasteiger partial charge on any atom is 0.255 e. The van der Waals surface area contributed by atoms with Crippen molar-refractivity contribution in [3.05, 3.63) is 58.8 Å². The van der Waals surface area contributed by atoms with Gasteiger partial charge in [-0.2, -0.15) is 0 Å². The number of nitrogens with one attached hydrogen (secondary N) is 1. The number of carbonyl (C=O) groups is 2. The molecule has 1 aliphatic rings. The minimum atomic E-state index is -0.230. The maximum atomic E-state index is 12.4. The fourth-order valence-corrected chi connectivity index (χ4v) is 2.98. The van der Waals surface area contributed by atoms with E-state index in [2.05, 4.69) is 9.55 Å². The Morgan fingerprint density at radius 3 is 2.32 bits per heavy atom. The van der Waals surface area contributed by atoms with E-state index >= 15 is 0 Å². The van der Waals surface area contributed by atoms with Gasteiger partial charge in [0.1, 0.15) is 0 Å². The van der Waals surface area contributed by atoms with Gasteiger partial charge in [0.25, 0.3) is 5.91 Å². The number of piperazine rings is 1. The van der Waals surface area contributed by atoms with E-state index in [1.54, 1.807) is 4.90 Å². The Balaban J connectivity index is 1.44. The van der Waals surface area contributed by atoms with Gasteiger partial charge in [0.15, 0.2) is 0 Å². The summed E-state index contributed by atoms with van der Waals surface area (Å²) in [5.74, 6) is 0.0271.